The molecular weight excluding hydrogens is 360 g/mol. The van der Waals surface area contributed by atoms with E-state index in [1.165, 1.54) is 31.2 Å². The van der Waals surface area contributed by atoms with Gasteiger partial charge in [0.15, 0.2) is 0 Å². The Hall–Kier alpha value is -3.74. The Morgan fingerprint density at radius 2 is 1.75 bits per heavy atom. The average Bonchev–Trinajstić information content (AvgIpc) is 2.67. The third-order valence-electron chi connectivity index (χ3n) is 4.05. The molecule has 1 amide bonds. The van der Waals surface area contributed by atoms with Crippen molar-refractivity contribution in [1.82, 2.24) is 10.3 Å². The summed E-state index contributed by atoms with van der Waals surface area (Å²) in [4.78, 5) is 39.4. The van der Waals surface area contributed by atoms with Crippen LogP contribution in [-0.2, 0) is 16.0 Å². The predicted molar refractivity (Wildman–Crippen MR) is 102 cm³/mol. The van der Waals surface area contributed by atoms with Crippen molar-refractivity contribution in [3.05, 3.63) is 71.9 Å². The zero-order chi connectivity index (χ0) is 20.1. The summed E-state index contributed by atoms with van der Waals surface area (Å²) in [6.07, 6.45) is 0.0530. The predicted octanol–water partition coefficient (Wildman–Crippen LogP) is 2.59. The van der Waals surface area contributed by atoms with Gasteiger partial charge in [-0.2, -0.15) is 0 Å². The van der Waals surface area contributed by atoms with Gasteiger partial charge >= 0.3 is 11.9 Å². The zero-order valence-corrected chi connectivity index (χ0v) is 15.1. The highest BCUT2D eigenvalue weighted by molar-refractivity contribution is 5.96. The number of hydrogen-bond acceptors (Lipinski definition) is 5. The molecule has 3 aromatic rings. The number of nitrogens with one attached hydrogen (secondary N) is 1. The highest BCUT2D eigenvalue weighted by atomic mass is 16.5. The standard InChI is InChI=1S/C21H18N2O5/c1-13(24)28-17-10-7-15(8-11-17)20(25)23-19(21(26)27)12-16-9-6-14-4-2-3-5-18(14)22-16/h2-11,19H,12H2,1H3,(H,23,25)(H,26,27)/t19-/m1/s1. The van der Waals surface area contributed by atoms with Gasteiger partial charge in [0.2, 0.25) is 0 Å². The summed E-state index contributed by atoms with van der Waals surface area (Å²) in [5, 5.41) is 12.9. The number of pyridine rings is 1. The minimum atomic E-state index is -1.15. The number of nitrogens with zero attached hydrogens (tertiary/aromatic N) is 1. The van der Waals surface area contributed by atoms with Gasteiger partial charge in [-0.1, -0.05) is 24.3 Å². The molecule has 0 unspecified atom stereocenters. The maximum Gasteiger partial charge on any atom is 0.326 e. The number of amides is 1. The van der Waals surface area contributed by atoms with Crippen molar-refractivity contribution in [3.8, 4) is 5.75 Å². The van der Waals surface area contributed by atoms with E-state index in [9.17, 15) is 19.5 Å². The number of benzene rings is 2. The fourth-order valence-corrected chi connectivity index (χ4v) is 2.71. The Balaban J connectivity index is 1.72. The molecule has 0 aliphatic heterocycles. The van der Waals surface area contributed by atoms with Crippen LogP contribution in [0.15, 0.2) is 60.7 Å². The van der Waals surface area contributed by atoms with Crippen molar-refractivity contribution in [2.24, 2.45) is 0 Å². The lowest BCUT2D eigenvalue weighted by atomic mass is 10.1. The van der Waals surface area contributed by atoms with E-state index < -0.39 is 23.9 Å². The Morgan fingerprint density at radius 3 is 2.43 bits per heavy atom. The molecule has 0 fully saturated rings. The maximum absolute atomic E-state index is 12.4. The summed E-state index contributed by atoms with van der Waals surface area (Å²) in [6, 6.07) is 15.9. The lowest BCUT2D eigenvalue weighted by Crippen LogP contribution is -2.42. The number of fused-ring (bicyclic) bond motifs is 1. The van der Waals surface area contributed by atoms with Crippen LogP contribution in [0.1, 0.15) is 23.0 Å². The van der Waals surface area contributed by atoms with Gasteiger partial charge in [-0.05, 0) is 36.4 Å². The molecule has 0 aliphatic rings. The van der Waals surface area contributed by atoms with Crippen molar-refractivity contribution in [3.63, 3.8) is 0 Å². The third kappa shape index (κ3) is 4.70. The van der Waals surface area contributed by atoms with E-state index in [4.69, 9.17) is 4.74 Å². The van der Waals surface area contributed by atoms with Crippen LogP contribution < -0.4 is 10.1 Å². The van der Waals surface area contributed by atoms with E-state index in [1.54, 1.807) is 6.07 Å². The number of carbonyl (C=O) groups excluding carboxylic acids is 2. The number of aliphatic carboxylic acids is 1. The molecule has 1 heterocycles. The Labute approximate surface area is 161 Å². The number of aromatic nitrogens is 1. The van der Waals surface area contributed by atoms with Gasteiger partial charge in [0.05, 0.1) is 5.52 Å². The van der Waals surface area contributed by atoms with E-state index in [-0.39, 0.29) is 12.0 Å². The van der Waals surface area contributed by atoms with Gasteiger partial charge < -0.3 is 15.2 Å². The monoisotopic (exact) mass is 378 g/mol. The van der Waals surface area contributed by atoms with Gasteiger partial charge in [0.1, 0.15) is 11.8 Å². The second kappa shape index (κ2) is 8.30. The first kappa shape index (κ1) is 19.0. The summed E-state index contributed by atoms with van der Waals surface area (Å²) in [7, 11) is 0. The summed E-state index contributed by atoms with van der Waals surface area (Å²) in [5.74, 6) is -1.85. The Morgan fingerprint density at radius 1 is 1.04 bits per heavy atom. The molecule has 1 aromatic heterocycles. The Bertz CT molecular complexity index is 1030. The summed E-state index contributed by atoms with van der Waals surface area (Å²) in [5.41, 5.74) is 1.58. The van der Waals surface area contributed by atoms with Crippen LogP contribution in [0.2, 0.25) is 0 Å². The minimum Gasteiger partial charge on any atom is -0.480 e. The fourth-order valence-electron chi connectivity index (χ4n) is 2.71. The number of rotatable bonds is 6. The quantitative estimate of drug-likeness (QED) is 0.504. The van der Waals surface area contributed by atoms with Gasteiger partial charge in [0.25, 0.3) is 5.91 Å². The van der Waals surface area contributed by atoms with Gasteiger partial charge in [-0.15, -0.1) is 0 Å². The molecule has 7 heteroatoms. The SMILES string of the molecule is CC(=O)Oc1ccc(C(=O)N[C@H](Cc2ccc3ccccc3n2)C(=O)O)cc1. The molecule has 3 rings (SSSR count). The zero-order valence-electron chi connectivity index (χ0n) is 15.1. The lowest BCUT2D eigenvalue weighted by molar-refractivity contribution is -0.139. The van der Waals surface area contributed by atoms with Crippen LogP contribution >= 0.6 is 0 Å². The van der Waals surface area contributed by atoms with Crippen LogP contribution in [0, 0.1) is 0 Å². The summed E-state index contributed by atoms with van der Waals surface area (Å²) < 4.78 is 4.91. The van der Waals surface area contributed by atoms with E-state index in [1.807, 2.05) is 30.3 Å². The highest BCUT2D eigenvalue weighted by Gasteiger charge is 2.22. The fraction of sp³-hybridized carbons (Fsp3) is 0.143. The van der Waals surface area contributed by atoms with Crippen molar-refractivity contribution < 1.29 is 24.2 Å². The topological polar surface area (TPSA) is 106 Å². The van der Waals surface area contributed by atoms with Gasteiger partial charge in [-0.25, -0.2) is 4.79 Å². The lowest BCUT2D eigenvalue weighted by Gasteiger charge is -2.15. The van der Waals surface area contributed by atoms with Crippen molar-refractivity contribution >= 4 is 28.7 Å². The molecule has 0 radical (unpaired) electrons. The van der Waals surface area contributed by atoms with E-state index >= 15 is 0 Å². The molecular formula is C21H18N2O5. The van der Waals surface area contributed by atoms with Crippen LogP contribution in [-0.4, -0.2) is 34.0 Å². The normalized spacial score (nSPS) is 11.6. The van der Waals surface area contributed by atoms with Crippen LogP contribution in [0.25, 0.3) is 10.9 Å². The second-order valence-electron chi connectivity index (χ2n) is 6.18. The van der Waals surface area contributed by atoms with Crippen LogP contribution in [0.4, 0.5) is 0 Å². The second-order valence-corrected chi connectivity index (χ2v) is 6.18. The molecule has 2 aromatic carbocycles. The number of esters is 1. The number of carboxylic acid groups (broad SMARTS) is 1. The molecule has 0 bridgehead atoms. The number of para-hydroxylation sites is 1. The van der Waals surface area contributed by atoms with Gasteiger partial charge in [-0.3, -0.25) is 14.6 Å². The number of carboxylic acids is 1. The van der Waals surface area contributed by atoms with Crippen LogP contribution in [0.3, 0.4) is 0 Å². The molecule has 0 saturated carbocycles. The number of hydrogen-bond donors (Lipinski definition) is 2. The number of carbonyl (C=O) groups is 3. The van der Waals surface area contributed by atoms with E-state index in [0.717, 1.165) is 10.9 Å². The smallest absolute Gasteiger partial charge is 0.326 e. The molecule has 28 heavy (non-hydrogen) atoms. The first-order chi connectivity index (χ1) is 13.4. The minimum absolute atomic E-state index is 0.0530. The van der Waals surface area contributed by atoms with Crippen molar-refractivity contribution in [1.29, 1.82) is 0 Å². The number of ether oxygens (including phenoxy) is 1. The van der Waals surface area contributed by atoms with Crippen molar-refractivity contribution in [2.45, 2.75) is 19.4 Å². The molecule has 0 spiro atoms. The molecule has 7 nitrogen and oxygen atoms in total. The molecule has 0 saturated heterocycles. The first-order valence-corrected chi connectivity index (χ1v) is 8.59. The summed E-state index contributed by atoms with van der Waals surface area (Å²) in [6.45, 7) is 1.28. The van der Waals surface area contributed by atoms with E-state index in [0.29, 0.717) is 11.4 Å². The molecule has 0 aliphatic carbocycles. The van der Waals surface area contributed by atoms with Gasteiger partial charge in [0, 0.05) is 30.0 Å². The maximum atomic E-state index is 12.4. The third-order valence-corrected chi connectivity index (χ3v) is 4.05. The van der Waals surface area contributed by atoms with Crippen LogP contribution in [0.5, 0.6) is 5.75 Å². The molecule has 1 atom stereocenters. The van der Waals surface area contributed by atoms with Crippen molar-refractivity contribution in [2.75, 3.05) is 0 Å². The average molecular weight is 378 g/mol. The Kier molecular flexibility index (Phi) is 5.64. The largest absolute Gasteiger partial charge is 0.480 e. The molecule has 142 valence electrons. The highest BCUT2D eigenvalue weighted by Crippen LogP contribution is 2.14. The summed E-state index contributed by atoms with van der Waals surface area (Å²) >= 11 is 0. The first-order valence-electron chi connectivity index (χ1n) is 8.59. The van der Waals surface area contributed by atoms with E-state index in [2.05, 4.69) is 10.3 Å². The molecule has 2 N–H and O–H groups in total.